The summed E-state index contributed by atoms with van der Waals surface area (Å²) in [6.45, 7) is 0. The summed E-state index contributed by atoms with van der Waals surface area (Å²) in [5.41, 5.74) is 2.00. The Labute approximate surface area is 107 Å². The second-order valence-corrected chi connectivity index (χ2v) is 3.75. The van der Waals surface area contributed by atoms with Gasteiger partial charge in [0.1, 0.15) is 17.3 Å². The van der Waals surface area contributed by atoms with Gasteiger partial charge in [0, 0.05) is 30.4 Å². The first-order valence-corrected chi connectivity index (χ1v) is 5.64. The van der Waals surface area contributed by atoms with E-state index in [2.05, 4.69) is 10.3 Å². The minimum absolute atomic E-state index is 0.772. The van der Waals surface area contributed by atoms with Crippen LogP contribution in [-0.2, 0) is 0 Å². The largest absolute Gasteiger partial charge is 0.497 e. The van der Waals surface area contributed by atoms with E-state index < -0.39 is 0 Å². The summed E-state index contributed by atoms with van der Waals surface area (Å²) in [6.07, 6.45) is 1.82. The summed E-state index contributed by atoms with van der Waals surface area (Å²) in [6, 6.07) is 9.67. The fraction of sp³-hybridized carbons (Fsp3) is 0.214. The zero-order chi connectivity index (χ0) is 13.0. The predicted molar refractivity (Wildman–Crippen MR) is 72.3 cm³/mol. The number of anilines is 1. The number of benzene rings is 1. The summed E-state index contributed by atoms with van der Waals surface area (Å²) in [5, 5.41) is 2.99. The van der Waals surface area contributed by atoms with Crippen LogP contribution in [0.15, 0.2) is 36.5 Å². The van der Waals surface area contributed by atoms with Crippen LogP contribution >= 0.6 is 0 Å². The van der Waals surface area contributed by atoms with Crippen molar-refractivity contribution in [3.8, 4) is 22.6 Å². The molecule has 0 bridgehead atoms. The Morgan fingerprint density at radius 3 is 2.44 bits per heavy atom. The lowest BCUT2D eigenvalue weighted by molar-refractivity contribution is 0.395. The van der Waals surface area contributed by atoms with Crippen LogP contribution in [0.5, 0.6) is 11.5 Å². The third-order valence-corrected chi connectivity index (χ3v) is 2.74. The number of rotatable bonds is 4. The van der Waals surface area contributed by atoms with E-state index >= 15 is 0 Å². The molecule has 1 aromatic carbocycles. The Bertz CT molecular complexity index is 524. The summed E-state index contributed by atoms with van der Waals surface area (Å²) in [5.74, 6) is 2.38. The summed E-state index contributed by atoms with van der Waals surface area (Å²) >= 11 is 0. The van der Waals surface area contributed by atoms with Gasteiger partial charge in [0.05, 0.1) is 14.2 Å². The highest BCUT2D eigenvalue weighted by Crippen LogP contribution is 2.33. The zero-order valence-corrected chi connectivity index (χ0v) is 10.7. The molecule has 0 spiro atoms. The molecule has 1 aromatic heterocycles. The second kappa shape index (κ2) is 5.40. The predicted octanol–water partition coefficient (Wildman–Crippen LogP) is 2.81. The highest BCUT2D eigenvalue weighted by molar-refractivity contribution is 5.71. The van der Waals surface area contributed by atoms with E-state index in [0.717, 1.165) is 28.4 Å². The maximum absolute atomic E-state index is 5.38. The minimum Gasteiger partial charge on any atom is -0.497 e. The first kappa shape index (κ1) is 12.2. The average molecular weight is 244 g/mol. The monoisotopic (exact) mass is 244 g/mol. The van der Waals surface area contributed by atoms with Crippen molar-refractivity contribution in [2.24, 2.45) is 0 Å². The molecule has 94 valence electrons. The average Bonchev–Trinajstić information content (AvgIpc) is 2.46. The van der Waals surface area contributed by atoms with Crippen LogP contribution in [0.2, 0.25) is 0 Å². The standard InChI is InChI=1S/C14H16N2O2/c1-15-14-7-4-10(9-16-14)12-6-5-11(17-2)8-13(12)18-3/h4-9H,1-3H3,(H,15,16). The molecule has 18 heavy (non-hydrogen) atoms. The summed E-state index contributed by atoms with van der Waals surface area (Å²) in [7, 11) is 5.13. The van der Waals surface area contributed by atoms with Gasteiger partial charge in [-0.25, -0.2) is 4.98 Å². The molecular formula is C14H16N2O2. The van der Waals surface area contributed by atoms with Crippen molar-refractivity contribution in [1.82, 2.24) is 4.98 Å². The van der Waals surface area contributed by atoms with Crippen LogP contribution in [0, 0.1) is 0 Å². The van der Waals surface area contributed by atoms with Crippen molar-refractivity contribution in [3.63, 3.8) is 0 Å². The maximum atomic E-state index is 5.38. The van der Waals surface area contributed by atoms with E-state index in [9.17, 15) is 0 Å². The smallest absolute Gasteiger partial charge is 0.130 e. The van der Waals surface area contributed by atoms with E-state index in [0.29, 0.717) is 0 Å². The van der Waals surface area contributed by atoms with Crippen LogP contribution in [0.25, 0.3) is 11.1 Å². The Morgan fingerprint density at radius 2 is 1.89 bits per heavy atom. The fourth-order valence-electron chi connectivity index (χ4n) is 1.74. The van der Waals surface area contributed by atoms with Gasteiger partial charge in [0.2, 0.25) is 0 Å². The molecule has 1 N–H and O–H groups in total. The molecule has 0 unspecified atom stereocenters. The summed E-state index contributed by atoms with van der Waals surface area (Å²) in [4.78, 5) is 4.29. The quantitative estimate of drug-likeness (QED) is 0.898. The molecule has 0 aliphatic rings. The second-order valence-electron chi connectivity index (χ2n) is 3.75. The van der Waals surface area contributed by atoms with Gasteiger partial charge >= 0.3 is 0 Å². The topological polar surface area (TPSA) is 43.4 Å². The highest BCUT2D eigenvalue weighted by Gasteiger charge is 2.07. The molecule has 0 amide bonds. The SMILES string of the molecule is CNc1ccc(-c2ccc(OC)cc2OC)cn1. The van der Waals surface area contributed by atoms with Crippen molar-refractivity contribution >= 4 is 5.82 Å². The molecule has 0 saturated heterocycles. The molecule has 2 rings (SSSR count). The van der Waals surface area contributed by atoms with Gasteiger partial charge in [0.15, 0.2) is 0 Å². The number of nitrogens with zero attached hydrogens (tertiary/aromatic N) is 1. The lowest BCUT2D eigenvalue weighted by Gasteiger charge is -2.10. The Balaban J connectivity index is 2.42. The van der Waals surface area contributed by atoms with Crippen LogP contribution in [0.1, 0.15) is 0 Å². The van der Waals surface area contributed by atoms with Crippen LogP contribution in [-0.4, -0.2) is 26.3 Å². The maximum Gasteiger partial charge on any atom is 0.130 e. The fourth-order valence-corrected chi connectivity index (χ4v) is 1.74. The molecule has 1 heterocycles. The van der Waals surface area contributed by atoms with Crippen LogP contribution < -0.4 is 14.8 Å². The van der Waals surface area contributed by atoms with Crippen LogP contribution in [0.3, 0.4) is 0 Å². The van der Waals surface area contributed by atoms with Gasteiger partial charge < -0.3 is 14.8 Å². The Morgan fingerprint density at radius 1 is 1.06 bits per heavy atom. The Hall–Kier alpha value is -2.23. The highest BCUT2D eigenvalue weighted by atomic mass is 16.5. The van der Waals surface area contributed by atoms with E-state index in [-0.39, 0.29) is 0 Å². The Kier molecular flexibility index (Phi) is 3.67. The molecule has 0 saturated carbocycles. The number of nitrogens with one attached hydrogen (secondary N) is 1. The zero-order valence-electron chi connectivity index (χ0n) is 10.7. The molecule has 4 heteroatoms. The minimum atomic E-state index is 0.772. The van der Waals surface area contributed by atoms with Gasteiger partial charge in [-0.2, -0.15) is 0 Å². The van der Waals surface area contributed by atoms with E-state index in [4.69, 9.17) is 9.47 Å². The molecule has 0 aliphatic heterocycles. The van der Waals surface area contributed by atoms with Gasteiger partial charge in [-0.3, -0.25) is 0 Å². The molecule has 2 aromatic rings. The molecule has 0 aliphatic carbocycles. The van der Waals surface area contributed by atoms with Crippen molar-refractivity contribution in [2.45, 2.75) is 0 Å². The van der Waals surface area contributed by atoms with E-state index in [1.807, 2.05) is 43.6 Å². The lowest BCUT2D eigenvalue weighted by Crippen LogP contribution is -1.93. The third-order valence-electron chi connectivity index (χ3n) is 2.74. The van der Waals surface area contributed by atoms with Crippen LogP contribution in [0.4, 0.5) is 5.82 Å². The van der Waals surface area contributed by atoms with E-state index in [1.165, 1.54) is 0 Å². The normalized spacial score (nSPS) is 9.94. The number of hydrogen-bond donors (Lipinski definition) is 1. The first-order valence-electron chi connectivity index (χ1n) is 5.64. The number of ether oxygens (including phenoxy) is 2. The van der Waals surface area contributed by atoms with E-state index in [1.54, 1.807) is 14.2 Å². The van der Waals surface area contributed by atoms with Gasteiger partial charge in [-0.15, -0.1) is 0 Å². The number of pyridine rings is 1. The molecule has 0 fully saturated rings. The van der Waals surface area contributed by atoms with Gasteiger partial charge in [0.25, 0.3) is 0 Å². The first-order chi connectivity index (χ1) is 8.78. The molecule has 0 atom stereocenters. The van der Waals surface area contributed by atoms with Crippen molar-refractivity contribution in [1.29, 1.82) is 0 Å². The molecule has 4 nitrogen and oxygen atoms in total. The summed E-state index contributed by atoms with van der Waals surface area (Å²) < 4.78 is 10.6. The lowest BCUT2D eigenvalue weighted by atomic mass is 10.1. The van der Waals surface area contributed by atoms with Crippen molar-refractivity contribution in [3.05, 3.63) is 36.5 Å². The van der Waals surface area contributed by atoms with Crippen molar-refractivity contribution in [2.75, 3.05) is 26.6 Å². The molecular weight excluding hydrogens is 228 g/mol. The number of methoxy groups -OCH3 is 2. The number of aromatic nitrogens is 1. The third kappa shape index (κ3) is 2.37. The number of hydrogen-bond acceptors (Lipinski definition) is 4. The molecule has 0 radical (unpaired) electrons. The van der Waals surface area contributed by atoms with Gasteiger partial charge in [-0.05, 0) is 24.3 Å². The van der Waals surface area contributed by atoms with Gasteiger partial charge in [-0.1, -0.05) is 0 Å². The van der Waals surface area contributed by atoms with Crippen molar-refractivity contribution < 1.29 is 9.47 Å².